The first-order valence-corrected chi connectivity index (χ1v) is 7.00. The van der Waals surface area contributed by atoms with Gasteiger partial charge in [-0.05, 0) is 30.3 Å². The van der Waals surface area contributed by atoms with Crippen LogP contribution in [0.2, 0.25) is 10.0 Å². The predicted octanol–water partition coefficient (Wildman–Crippen LogP) is 4.41. The Kier molecular flexibility index (Phi) is 3.78. The van der Waals surface area contributed by atoms with Crippen LogP contribution in [-0.4, -0.2) is 15.6 Å². The maximum atomic E-state index is 12.5. The molecule has 0 bridgehead atoms. The Bertz CT molecular complexity index is 797. The summed E-state index contributed by atoms with van der Waals surface area (Å²) in [7, 11) is 0. The van der Waals surface area contributed by atoms with Crippen molar-refractivity contribution in [3.05, 3.63) is 82.1 Å². The van der Waals surface area contributed by atoms with Crippen molar-refractivity contribution < 1.29 is 4.79 Å². The first kappa shape index (κ1) is 13.9. The molecule has 21 heavy (non-hydrogen) atoms. The molecule has 0 spiro atoms. The van der Waals surface area contributed by atoms with Gasteiger partial charge in [-0.25, -0.2) is 4.68 Å². The quantitative estimate of drug-likeness (QED) is 0.671. The van der Waals surface area contributed by atoms with Crippen molar-refractivity contribution >= 4 is 29.0 Å². The highest BCUT2D eigenvalue weighted by atomic mass is 35.5. The van der Waals surface area contributed by atoms with E-state index in [0.717, 1.165) is 5.69 Å². The van der Waals surface area contributed by atoms with Crippen molar-refractivity contribution in [1.29, 1.82) is 0 Å². The molecule has 0 aliphatic heterocycles. The molecule has 5 heteroatoms. The molecule has 0 saturated heterocycles. The molecule has 3 nitrogen and oxygen atoms in total. The number of hydrogen-bond donors (Lipinski definition) is 0. The smallest absolute Gasteiger partial charge is 0.197 e. The fraction of sp³-hybridized carbons (Fsp3) is 0. The van der Waals surface area contributed by atoms with Gasteiger partial charge in [-0.2, -0.15) is 5.10 Å². The van der Waals surface area contributed by atoms with E-state index in [9.17, 15) is 4.79 Å². The lowest BCUT2D eigenvalue weighted by atomic mass is 10.1. The third kappa shape index (κ3) is 2.84. The van der Waals surface area contributed by atoms with E-state index in [-0.39, 0.29) is 5.78 Å². The van der Waals surface area contributed by atoms with Crippen LogP contribution < -0.4 is 0 Å². The Hall–Kier alpha value is -2.10. The zero-order valence-corrected chi connectivity index (χ0v) is 12.3. The van der Waals surface area contributed by atoms with Gasteiger partial charge < -0.3 is 0 Å². The summed E-state index contributed by atoms with van der Waals surface area (Å²) in [6, 6.07) is 14.4. The number of nitrogens with zero attached hydrogens (tertiary/aromatic N) is 2. The number of benzene rings is 2. The van der Waals surface area contributed by atoms with Crippen molar-refractivity contribution in [3.63, 3.8) is 0 Å². The van der Waals surface area contributed by atoms with Crippen LogP contribution in [-0.2, 0) is 0 Å². The van der Waals surface area contributed by atoms with Crippen LogP contribution in [0.4, 0.5) is 0 Å². The molecule has 0 aliphatic rings. The molecule has 3 rings (SSSR count). The van der Waals surface area contributed by atoms with Crippen LogP contribution in [0.3, 0.4) is 0 Å². The van der Waals surface area contributed by atoms with Crippen LogP contribution in [0, 0.1) is 0 Å². The van der Waals surface area contributed by atoms with E-state index in [0.29, 0.717) is 21.2 Å². The van der Waals surface area contributed by atoms with E-state index in [2.05, 4.69) is 5.10 Å². The molecule has 0 radical (unpaired) electrons. The lowest BCUT2D eigenvalue weighted by Gasteiger charge is -2.02. The van der Waals surface area contributed by atoms with E-state index in [4.69, 9.17) is 23.2 Å². The molecular formula is C16H10Cl2N2O. The molecule has 1 heterocycles. The van der Waals surface area contributed by atoms with Crippen molar-refractivity contribution in [2.45, 2.75) is 0 Å². The topological polar surface area (TPSA) is 34.9 Å². The molecule has 0 amide bonds. The van der Waals surface area contributed by atoms with Crippen LogP contribution in [0.5, 0.6) is 0 Å². The Labute approximate surface area is 131 Å². The maximum Gasteiger partial charge on any atom is 0.197 e. The molecule has 0 atom stereocenters. The van der Waals surface area contributed by atoms with E-state index in [1.807, 2.05) is 30.3 Å². The van der Waals surface area contributed by atoms with Crippen molar-refractivity contribution in [2.24, 2.45) is 0 Å². The number of rotatable bonds is 3. The largest absolute Gasteiger partial charge is 0.288 e. The van der Waals surface area contributed by atoms with Crippen molar-refractivity contribution in [1.82, 2.24) is 9.78 Å². The summed E-state index contributed by atoms with van der Waals surface area (Å²) in [5.41, 5.74) is 1.72. The normalized spacial score (nSPS) is 10.6. The van der Waals surface area contributed by atoms with E-state index < -0.39 is 0 Å². The minimum atomic E-state index is -0.204. The molecule has 0 unspecified atom stereocenters. The zero-order valence-electron chi connectivity index (χ0n) is 10.8. The van der Waals surface area contributed by atoms with E-state index in [1.165, 1.54) is 6.20 Å². The molecule has 0 aliphatic carbocycles. The molecule has 0 fully saturated rings. The predicted molar refractivity (Wildman–Crippen MR) is 83.5 cm³/mol. The van der Waals surface area contributed by atoms with Gasteiger partial charge in [0.15, 0.2) is 5.78 Å². The molecule has 3 aromatic rings. The standard InChI is InChI=1S/C16H10Cl2N2O/c17-12-6-7-15(18)14(8-12)16(21)11-9-19-20(10-11)13-4-2-1-3-5-13/h1-10H. The minimum absolute atomic E-state index is 0.204. The summed E-state index contributed by atoms with van der Waals surface area (Å²) in [5, 5.41) is 5.05. The van der Waals surface area contributed by atoms with Crippen LogP contribution in [0.1, 0.15) is 15.9 Å². The molecular weight excluding hydrogens is 307 g/mol. The Morgan fingerprint density at radius 1 is 1.05 bits per heavy atom. The Morgan fingerprint density at radius 2 is 1.81 bits per heavy atom. The van der Waals surface area contributed by atoms with Gasteiger partial charge in [0, 0.05) is 16.8 Å². The van der Waals surface area contributed by atoms with Gasteiger partial charge in [-0.3, -0.25) is 4.79 Å². The summed E-state index contributed by atoms with van der Waals surface area (Å²) in [5.74, 6) is -0.204. The van der Waals surface area contributed by atoms with Gasteiger partial charge in [0.25, 0.3) is 0 Å². The second-order valence-electron chi connectivity index (χ2n) is 4.46. The number of hydrogen-bond acceptors (Lipinski definition) is 2. The average Bonchev–Trinajstić information content (AvgIpc) is 3.00. The molecule has 2 aromatic carbocycles. The minimum Gasteiger partial charge on any atom is -0.288 e. The average molecular weight is 317 g/mol. The van der Waals surface area contributed by atoms with Gasteiger partial charge in [0.2, 0.25) is 0 Å². The number of carbonyl (C=O) groups excluding carboxylic acids is 1. The summed E-state index contributed by atoms with van der Waals surface area (Å²) in [6.45, 7) is 0. The second-order valence-corrected chi connectivity index (χ2v) is 5.31. The summed E-state index contributed by atoms with van der Waals surface area (Å²) in [4.78, 5) is 12.5. The highest BCUT2D eigenvalue weighted by Crippen LogP contribution is 2.23. The lowest BCUT2D eigenvalue weighted by molar-refractivity contribution is 0.103. The lowest BCUT2D eigenvalue weighted by Crippen LogP contribution is -2.01. The van der Waals surface area contributed by atoms with Crippen LogP contribution in [0.25, 0.3) is 5.69 Å². The number of para-hydroxylation sites is 1. The summed E-state index contributed by atoms with van der Waals surface area (Å²) >= 11 is 12.0. The second kappa shape index (κ2) is 5.72. The van der Waals surface area contributed by atoms with E-state index in [1.54, 1.807) is 29.1 Å². The summed E-state index contributed by atoms with van der Waals surface area (Å²) < 4.78 is 1.64. The maximum absolute atomic E-state index is 12.5. The third-order valence-electron chi connectivity index (χ3n) is 3.04. The van der Waals surface area contributed by atoms with E-state index >= 15 is 0 Å². The van der Waals surface area contributed by atoms with Gasteiger partial charge >= 0.3 is 0 Å². The Morgan fingerprint density at radius 3 is 2.57 bits per heavy atom. The molecule has 104 valence electrons. The first-order valence-electron chi connectivity index (χ1n) is 6.25. The molecule has 0 N–H and O–H groups in total. The third-order valence-corrected chi connectivity index (χ3v) is 3.60. The number of carbonyl (C=O) groups is 1. The number of ketones is 1. The van der Waals surface area contributed by atoms with Gasteiger partial charge in [-0.1, -0.05) is 41.4 Å². The fourth-order valence-corrected chi connectivity index (χ4v) is 2.36. The SMILES string of the molecule is O=C(c1cnn(-c2ccccc2)c1)c1cc(Cl)ccc1Cl. The number of halogens is 2. The number of aromatic nitrogens is 2. The van der Waals surface area contributed by atoms with Crippen LogP contribution >= 0.6 is 23.2 Å². The van der Waals surface area contributed by atoms with Crippen molar-refractivity contribution in [3.8, 4) is 5.69 Å². The first-order chi connectivity index (χ1) is 10.1. The zero-order chi connectivity index (χ0) is 14.8. The van der Waals surface area contributed by atoms with Gasteiger partial charge in [0.05, 0.1) is 22.5 Å². The highest BCUT2D eigenvalue weighted by Gasteiger charge is 2.15. The van der Waals surface area contributed by atoms with Crippen molar-refractivity contribution in [2.75, 3.05) is 0 Å². The monoisotopic (exact) mass is 316 g/mol. The van der Waals surface area contributed by atoms with Gasteiger partial charge in [-0.15, -0.1) is 0 Å². The molecule has 0 saturated carbocycles. The van der Waals surface area contributed by atoms with Crippen LogP contribution in [0.15, 0.2) is 60.9 Å². The molecule has 1 aromatic heterocycles. The fourth-order valence-electron chi connectivity index (χ4n) is 1.99. The van der Waals surface area contributed by atoms with Gasteiger partial charge in [0.1, 0.15) is 0 Å². The summed E-state index contributed by atoms with van der Waals surface area (Å²) in [6.07, 6.45) is 3.20. The highest BCUT2D eigenvalue weighted by molar-refractivity contribution is 6.36. The Balaban J connectivity index is 1.96.